The normalized spacial score (nSPS) is 10.9. The highest BCUT2D eigenvalue weighted by atomic mass is 32.1. The van der Waals surface area contributed by atoms with Crippen LogP contribution in [0, 0.1) is 13.8 Å². The molecule has 0 unspecified atom stereocenters. The first-order valence-electron chi connectivity index (χ1n) is 8.55. The Kier molecular flexibility index (Phi) is 4.66. The molecule has 0 spiro atoms. The van der Waals surface area contributed by atoms with Crippen molar-refractivity contribution in [2.24, 2.45) is 0 Å². The van der Waals surface area contributed by atoms with Gasteiger partial charge in [-0.05, 0) is 37.4 Å². The van der Waals surface area contributed by atoms with Gasteiger partial charge >= 0.3 is 5.76 Å². The Morgan fingerprint density at radius 2 is 2.00 bits per heavy atom. The number of benzene rings is 1. The van der Waals surface area contributed by atoms with Gasteiger partial charge < -0.3 is 5.32 Å². The molecule has 1 amide bonds. The van der Waals surface area contributed by atoms with E-state index in [1.54, 1.807) is 10.7 Å². The van der Waals surface area contributed by atoms with Crippen LogP contribution in [-0.2, 0) is 11.3 Å². The highest BCUT2D eigenvalue weighted by Gasteiger charge is 2.18. The number of amides is 1. The topological polar surface area (TPSA) is 95.0 Å². The summed E-state index contributed by atoms with van der Waals surface area (Å²) in [5, 5.41) is 12.9. The summed E-state index contributed by atoms with van der Waals surface area (Å²) in [4.78, 5) is 25.4. The fraction of sp³-hybridized carbons (Fsp3) is 0.158. The maximum absolute atomic E-state index is 12.6. The number of carbonyl (C=O) groups is 1. The van der Waals surface area contributed by atoms with Crippen LogP contribution in [0.2, 0.25) is 0 Å². The van der Waals surface area contributed by atoms with Crippen molar-refractivity contribution in [2.75, 3.05) is 5.32 Å². The van der Waals surface area contributed by atoms with E-state index in [0.29, 0.717) is 11.6 Å². The zero-order valence-corrected chi connectivity index (χ0v) is 16.1. The summed E-state index contributed by atoms with van der Waals surface area (Å²) >= 11 is 1.41. The van der Waals surface area contributed by atoms with Gasteiger partial charge in [-0.3, -0.25) is 9.32 Å². The van der Waals surface area contributed by atoms with Crippen molar-refractivity contribution in [3.05, 3.63) is 69.7 Å². The van der Waals surface area contributed by atoms with E-state index in [4.69, 9.17) is 4.52 Å². The number of carbonyl (C=O) groups excluding carboxylic acids is 1. The molecule has 0 saturated carbocycles. The molecule has 0 atom stereocenters. The zero-order chi connectivity index (χ0) is 19.7. The van der Waals surface area contributed by atoms with Gasteiger partial charge in [0.1, 0.15) is 12.4 Å². The van der Waals surface area contributed by atoms with Crippen molar-refractivity contribution in [3.8, 4) is 16.4 Å². The highest BCUT2D eigenvalue weighted by Crippen LogP contribution is 2.22. The quantitative estimate of drug-likeness (QED) is 0.560. The molecule has 4 rings (SSSR count). The summed E-state index contributed by atoms with van der Waals surface area (Å²) in [6.07, 6.45) is 0. The van der Waals surface area contributed by atoms with Crippen LogP contribution in [0.15, 0.2) is 57.2 Å². The first-order valence-corrected chi connectivity index (χ1v) is 9.43. The Balaban J connectivity index is 1.58. The summed E-state index contributed by atoms with van der Waals surface area (Å²) in [7, 11) is 0. The van der Waals surface area contributed by atoms with Crippen LogP contribution in [-0.4, -0.2) is 25.4 Å². The van der Waals surface area contributed by atoms with Crippen molar-refractivity contribution in [3.63, 3.8) is 0 Å². The molecule has 0 aliphatic rings. The molecule has 0 radical (unpaired) electrons. The van der Waals surface area contributed by atoms with Gasteiger partial charge in [-0.25, -0.2) is 14.0 Å². The molecule has 1 N–H and O–H groups in total. The number of aromatic nitrogens is 4. The van der Waals surface area contributed by atoms with Gasteiger partial charge in [-0.15, -0.1) is 11.3 Å². The van der Waals surface area contributed by atoms with Gasteiger partial charge in [-0.2, -0.15) is 5.10 Å². The summed E-state index contributed by atoms with van der Waals surface area (Å²) in [6.45, 7) is 3.64. The second-order valence-corrected chi connectivity index (χ2v) is 7.25. The van der Waals surface area contributed by atoms with Crippen molar-refractivity contribution in [2.45, 2.75) is 20.4 Å². The number of aryl methyl sites for hydroxylation is 2. The molecular formula is C19H17N5O3S. The molecule has 0 fully saturated rings. The maximum Gasteiger partial charge on any atom is 0.442 e. The first kappa shape index (κ1) is 17.9. The predicted octanol–water partition coefficient (Wildman–Crippen LogP) is 3.01. The highest BCUT2D eigenvalue weighted by molar-refractivity contribution is 7.13. The standard InChI is InChI=1S/C19H17N5O3S/c1-12-5-7-14(8-6-12)24-16(10-13(2)21-24)20-17(25)11-23-18(22-27-19(23)26)15-4-3-9-28-15/h3-10H,11H2,1-2H3,(H,20,25). The van der Waals surface area contributed by atoms with Crippen molar-refractivity contribution < 1.29 is 9.32 Å². The predicted molar refractivity (Wildman–Crippen MR) is 106 cm³/mol. The molecule has 142 valence electrons. The molecule has 0 bridgehead atoms. The van der Waals surface area contributed by atoms with Gasteiger partial charge in [0, 0.05) is 6.07 Å². The monoisotopic (exact) mass is 395 g/mol. The molecule has 0 aliphatic heterocycles. The molecule has 8 nitrogen and oxygen atoms in total. The van der Waals surface area contributed by atoms with Crippen LogP contribution in [0.1, 0.15) is 11.3 Å². The molecule has 0 saturated heterocycles. The van der Waals surface area contributed by atoms with Gasteiger partial charge in [0.05, 0.1) is 16.3 Å². The third-order valence-corrected chi connectivity index (χ3v) is 4.97. The number of thiophene rings is 1. The van der Waals surface area contributed by atoms with Gasteiger partial charge in [-0.1, -0.05) is 28.9 Å². The minimum atomic E-state index is -0.679. The molecular weight excluding hydrogens is 378 g/mol. The number of hydrogen-bond acceptors (Lipinski definition) is 6. The fourth-order valence-electron chi connectivity index (χ4n) is 2.79. The average Bonchev–Trinajstić information content (AvgIpc) is 3.38. The van der Waals surface area contributed by atoms with E-state index in [1.807, 2.05) is 55.6 Å². The smallest absolute Gasteiger partial charge is 0.309 e. The molecule has 1 aromatic carbocycles. The van der Waals surface area contributed by atoms with Crippen LogP contribution in [0.5, 0.6) is 0 Å². The first-order chi connectivity index (χ1) is 13.5. The van der Waals surface area contributed by atoms with Crippen LogP contribution < -0.4 is 11.1 Å². The van der Waals surface area contributed by atoms with Gasteiger partial charge in [0.25, 0.3) is 0 Å². The third kappa shape index (κ3) is 3.52. The van der Waals surface area contributed by atoms with Crippen LogP contribution in [0.25, 0.3) is 16.4 Å². The number of rotatable bonds is 5. The zero-order valence-electron chi connectivity index (χ0n) is 15.2. The van der Waals surface area contributed by atoms with Crippen LogP contribution >= 0.6 is 11.3 Å². The Morgan fingerprint density at radius 1 is 1.21 bits per heavy atom. The number of nitrogens with zero attached hydrogens (tertiary/aromatic N) is 4. The summed E-state index contributed by atoms with van der Waals surface area (Å²) in [5.74, 6) is -0.204. The van der Waals surface area contributed by atoms with Crippen molar-refractivity contribution in [1.82, 2.24) is 19.5 Å². The van der Waals surface area contributed by atoms with Gasteiger partial charge in [0.2, 0.25) is 5.91 Å². The number of hydrogen-bond donors (Lipinski definition) is 1. The second kappa shape index (κ2) is 7.28. The van der Waals surface area contributed by atoms with E-state index in [9.17, 15) is 9.59 Å². The maximum atomic E-state index is 12.6. The van der Waals surface area contributed by atoms with E-state index in [-0.39, 0.29) is 12.5 Å². The molecule has 28 heavy (non-hydrogen) atoms. The Bertz CT molecular complexity index is 1170. The largest absolute Gasteiger partial charge is 0.442 e. The van der Waals surface area contributed by atoms with Crippen LogP contribution in [0.3, 0.4) is 0 Å². The third-order valence-electron chi connectivity index (χ3n) is 4.11. The molecule has 4 aromatic rings. The van der Waals surface area contributed by atoms with E-state index < -0.39 is 5.76 Å². The summed E-state index contributed by atoms with van der Waals surface area (Å²) < 4.78 is 7.61. The van der Waals surface area contributed by atoms with Crippen molar-refractivity contribution in [1.29, 1.82) is 0 Å². The van der Waals surface area contributed by atoms with E-state index in [2.05, 4.69) is 15.6 Å². The minimum Gasteiger partial charge on any atom is -0.309 e. The Hall–Kier alpha value is -3.46. The minimum absolute atomic E-state index is 0.215. The van der Waals surface area contributed by atoms with E-state index in [0.717, 1.165) is 21.8 Å². The number of nitrogens with one attached hydrogen (secondary N) is 1. The lowest BCUT2D eigenvalue weighted by atomic mass is 10.2. The van der Waals surface area contributed by atoms with Crippen molar-refractivity contribution >= 4 is 23.1 Å². The van der Waals surface area contributed by atoms with Gasteiger partial charge in [0.15, 0.2) is 5.82 Å². The number of anilines is 1. The molecule has 9 heteroatoms. The summed E-state index contributed by atoms with van der Waals surface area (Å²) in [5.41, 5.74) is 2.72. The SMILES string of the molecule is Cc1ccc(-n2nc(C)cc2NC(=O)Cn2c(-c3cccs3)noc2=O)cc1. The second-order valence-electron chi connectivity index (χ2n) is 6.30. The molecule has 3 heterocycles. The van der Waals surface area contributed by atoms with E-state index in [1.165, 1.54) is 15.9 Å². The Labute approximate surface area is 164 Å². The lowest BCUT2D eigenvalue weighted by molar-refractivity contribution is -0.116. The lowest BCUT2D eigenvalue weighted by Crippen LogP contribution is -2.26. The van der Waals surface area contributed by atoms with E-state index >= 15 is 0 Å². The Morgan fingerprint density at radius 3 is 2.71 bits per heavy atom. The lowest BCUT2D eigenvalue weighted by Gasteiger charge is -2.09. The van der Waals surface area contributed by atoms with Crippen LogP contribution in [0.4, 0.5) is 5.82 Å². The fourth-order valence-corrected chi connectivity index (χ4v) is 3.50. The molecule has 3 aromatic heterocycles. The molecule has 0 aliphatic carbocycles. The summed E-state index contributed by atoms with van der Waals surface area (Å²) in [6, 6.07) is 13.2. The average molecular weight is 395 g/mol.